The third kappa shape index (κ3) is 4.67. The summed E-state index contributed by atoms with van der Waals surface area (Å²) in [5.74, 6) is 0.346. The van der Waals surface area contributed by atoms with Gasteiger partial charge in [0, 0.05) is 0 Å². The molecule has 0 aliphatic carbocycles. The Hall–Kier alpha value is -1.85. The van der Waals surface area contributed by atoms with Crippen molar-refractivity contribution in [3.05, 3.63) is 18.1 Å². The maximum absolute atomic E-state index is 11.5. The van der Waals surface area contributed by atoms with Gasteiger partial charge in [0.25, 0.3) is 0 Å². The van der Waals surface area contributed by atoms with Crippen LogP contribution >= 0.6 is 0 Å². The molecular formula is C11H18N4O2. The van der Waals surface area contributed by atoms with Crippen LogP contribution in [0.2, 0.25) is 0 Å². The first kappa shape index (κ1) is 13.2. The van der Waals surface area contributed by atoms with Crippen molar-refractivity contribution in [2.75, 3.05) is 5.73 Å². The van der Waals surface area contributed by atoms with Crippen molar-refractivity contribution >= 4 is 11.9 Å². The fourth-order valence-electron chi connectivity index (χ4n) is 1.13. The smallest absolute Gasteiger partial charge is 0.408 e. The number of carbonyl (C=O) groups excluding carboxylic acids is 1. The van der Waals surface area contributed by atoms with E-state index in [1.165, 1.54) is 12.4 Å². The van der Waals surface area contributed by atoms with Crippen LogP contribution in [0.1, 0.15) is 39.4 Å². The number of amides is 1. The molecule has 1 atom stereocenters. The van der Waals surface area contributed by atoms with E-state index in [9.17, 15) is 4.79 Å². The molecular weight excluding hydrogens is 220 g/mol. The predicted octanol–water partition coefficient (Wildman–Crippen LogP) is 1.64. The molecule has 6 nitrogen and oxygen atoms in total. The maximum atomic E-state index is 11.5. The Balaban J connectivity index is 2.57. The topological polar surface area (TPSA) is 90.1 Å². The molecule has 0 bridgehead atoms. The van der Waals surface area contributed by atoms with Crippen molar-refractivity contribution in [2.45, 2.75) is 39.3 Å². The number of nitrogen functional groups attached to an aromatic ring is 1. The van der Waals surface area contributed by atoms with Gasteiger partial charge in [-0.25, -0.2) is 9.78 Å². The Labute approximate surface area is 101 Å². The molecule has 1 unspecified atom stereocenters. The van der Waals surface area contributed by atoms with Crippen molar-refractivity contribution in [2.24, 2.45) is 0 Å². The molecule has 0 spiro atoms. The molecule has 3 N–H and O–H groups in total. The van der Waals surface area contributed by atoms with Crippen LogP contribution in [0.5, 0.6) is 0 Å². The van der Waals surface area contributed by atoms with Gasteiger partial charge in [0.15, 0.2) is 0 Å². The molecule has 1 aromatic rings. The maximum Gasteiger partial charge on any atom is 0.408 e. The molecule has 1 amide bonds. The number of nitrogens with zero attached hydrogens (tertiary/aromatic N) is 2. The van der Waals surface area contributed by atoms with Crippen LogP contribution < -0.4 is 11.1 Å². The molecule has 1 aromatic heterocycles. The Morgan fingerprint density at radius 3 is 2.53 bits per heavy atom. The summed E-state index contributed by atoms with van der Waals surface area (Å²) < 4.78 is 5.13. The number of aromatic nitrogens is 2. The van der Waals surface area contributed by atoms with E-state index < -0.39 is 11.7 Å². The largest absolute Gasteiger partial charge is 0.444 e. The van der Waals surface area contributed by atoms with Gasteiger partial charge in [-0.2, -0.15) is 0 Å². The highest BCUT2D eigenvalue weighted by molar-refractivity contribution is 5.68. The third-order valence-electron chi connectivity index (χ3n) is 1.87. The van der Waals surface area contributed by atoms with Crippen LogP contribution in [0.3, 0.4) is 0 Å². The zero-order chi connectivity index (χ0) is 13.1. The fourth-order valence-corrected chi connectivity index (χ4v) is 1.13. The van der Waals surface area contributed by atoms with E-state index in [2.05, 4.69) is 15.3 Å². The molecule has 17 heavy (non-hydrogen) atoms. The van der Waals surface area contributed by atoms with Crippen LogP contribution in [-0.4, -0.2) is 21.7 Å². The number of hydrogen-bond donors (Lipinski definition) is 2. The summed E-state index contributed by atoms with van der Waals surface area (Å²) >= 11 is 0. The number of nitrogens with two attached hydrogens (primary N) is 1. The normalized spacial score (nSPS) is 12.9. The van der Waals surface area contributed by atoms with Crippen LogP contribution in [0, 0.1) is 0 Å². The van der Waals surface area contributed by atoms with Gasteiger partial charge in [-0.15, -0.1) is 0 Å². The summed E-state index contributed by atoms with van der Waals surface area (Å²) in [6, 6.07) is -0.280. The van der Waals surface area contributed by atoms with E-state index >= 15 is 0 Å². The van der Waals surface area contributed by atoms with Gasteiger partial charge in [0.2, 0.25) is 0 Å². The number of alkyl carbamates (subject to hydrolysis) is 1. The summed E-state index contributed by atoms with van der Waals surface area (Å²) in [6.07, 6.45) is 2.49. The van der Waals surface area contributed by atoms with E-state index in [0.717, 1.165) is 0 Å². The lowest BCUT2D eigenvalue weighted by Crippen LogP contribution is -2.34. The van der Waals surface area contributed by atoms with Crippen molar-refractivity contribution in [1.29, 1.82) is 0 Å². The lowest BCUT2D eigenvalue weighted by Gasteiger charge is -2.21. The number of carbonyl (C=O) groups is 1. The molecule has 0 saturated carbocycles. The third-order valence-corrected chi connectivity index (χ3v) is 1.87. The average Bonchev–Trinajstić information content (AvgIpc) is 2.15. The Kier molecular flexibility index (Phi) is 3.88. The van der Waals surface area contributed by atoms with Crippen LogP contribution in [0.15, 0.2) is 12.4 Å². The number of anilines is 1. The summed E-state index contributed by atoms with van der Waals surface area (Å²) in [7, 11) is 0. The molecule has 0 radical (unpaired) electrons. The van der Waals surface area contributed by atoms with Crippen molar-refractivity contribution in [3.63, 3.8) is 0 Å². The quantitative estimate of drug-likeness (QED) is 0.817. The van der Waals surface area contributed by atoms with Gasteiger partial charge in [0.1, 0.15) is 11.4 Å². The lowest BCUT2D eigenvalue weighted by atomic mass is 10.2. The number of ether oxygens (including phenoxy) is 1. The van der Waals surface area contributed by atoms with E-state index in [0.29, 0.717) is 11.5 Å². The second kappa shape index (κ2) is 4.99. The minimum Gasteiger partial charge on any atom is -0.444 e. The summed E-state index contributed by atoms with van der Waals surface area (Å²) in [4.78, 5) is 19.5. The van der Waals surface area contributed by atoms with Crippen molar-refractivity contribution < 1.29 is 9.53 Å². The molecule has 6 heteroatoms. The Morgan fingerprint density at radius 1 is 1.41 bits per heavy atom. The van der Waals surface area contributed by atoms with Crippen molar-refractivity contribution in [1.82, 2.24) is 15.3 Å². The van der Waals surface area contributed by atoms with Gasteiger partial charge in [-0.1, -0.05) is 0 Å². The van der Waals surface area contributed by atoms with Gasteiger partial charge < -0.3 is 15.8 Å². The predicted molar refractivity (Wildman–Crippen MR) is 64.2 cm³/mol. The molecule has 0 saturated heterocycles. The first-order valence-electron chi connectivity index (χ1n) is 5.35. The fraction of sp³-hybridized carbons (Fsp3) is 0.545. The van der Waals surface area contributed by atoms with Gasteiger partial charge in [0.05, 0.1) is 24.1 Å². The molecule has 1 rings (SSSR count). The van der Waals surface area contributed by atoms with E-state index in [1.54, 1.807) is 27.7 Å². The minimum atomic E-state index is -0.517. The minimum absolute atomic E-state index is 0.280. The first-order chi connectivity index (χ1) is 7.78. The SMILES string of the molecule is CC(NC(=O)OC(C)(C)C)c1cnc(N)cn1. The van der Waals surface area contributed by atoms with E-state index in [1.807, 2.05) is 0 Å². The lowest BCUT2D eigenvalue weighted by molar-refractivity contribution is 0.0507. The van der Waals surface area contributed by atoms with E-state index in [-0.39, 0.29) is 6.04 Å². The average molecular weight is 238 g/mol. The van der Waals surface area contributed by atoms with Gasteiger partial charge in [-0.3, -0.25) is 4.98 Å². The molecule has 0 aliphatic rings. The van der Waals surface area contributed by atoms with E-state index in [4.69, 9.17) is 10.5 Å². The van der Waals surface area contributed by atoms with Crippen LogP contribution in [0.4, 0.5) is 10.6 Å². The molecule has 0 aromatic carbocycles. The second-order valence-corrected chi connectivity index (χ2v) is 4.73. The summed E-state index contributed by atoms with van der Waals surface area (Å²) in [5, 5.41) is 2.67. The molecule has 1 heterocycles. The van der Waals surface area contributed by atoms with Crippen molar-refractivity contribution in [3.8, 4) is 0 Å². The Morgan fingerprint density at radius 2 is 2.06 bits per heavy atom. The monoisotopic (exact) mass is 238 g/mol. The number of rotatable bonds is 2. The highest BCUT2D eigenvalue weighted by Crippen LogP contribution is 2.11. The first-order valence-corrected chi connectivity index (χ1v) is 5.35. The highest BCUT2D eigenvalue weighted by atomic mass is 16.6. The summed E-state index contributed by atoms with van der Waals surface area (Å²) in [5.41, 5.74) is 5.54. The highest BCUT2D eigenvalue weighted by Gasteiger charge is 2.18. The number of hydrogen-bond acceptors (Lipinski definition) is 5. The number of nitrogens with one attached hydrogen (secondary N) is 1. The zero-order valence-corrected chi connectivity index (χ0v) is 10.5. The van der Waals surface area contributed by atoms with Gasteiger partial charge in [-0.05, 0) is 27.7 Å². The van der Waals surface area contributed by atoms with Crippen LogP contribution in [0.25, 0.3) is 0 Å². The Bertz CT molecular complexity index is 383. The van der Waals surface area contributed by atoms with Crippen LogP contribution in [-0.2, 0) is 4.74 Å². The summed E-state index contributed by atoms with van der Waals surface area (Å²) in [6.45, 7) is 7.21. The molecule has 0 fully saturated rings. The second-order valence-electron chi connectivity index (χ2n) is 4.73. The zero-order valence-electron chi connectivity index (χ0n) is 10.5. The van der Waals surface area contributed by atoms with Gasteiger partial charge >= 0.3 is 6.09 Å². The molecule has 94 valence electrons. The standard InChI is InChI=1S/C11H18N4O2/c1-7(8-5-14-9(12)6-13-8)15-10(16)17-11(2,3)4/h5-7H,1-4H3,(H2,12,14)(H,15,16). The molecule has 0 aliphatic heterocycles.